The SMILES string of the molecule is COc1ccc2c(c1)cc(-c1ccc(N)cn1)n2C. The first-order chi connectivity index (χ1) is 9.19. The Kier molecular flexibility index (Phi) is 2.63. The van der Waals surface area contributed by atoms with Crippen LogP contribution in [0.3, 0.4) is 0 Å². The van der Waals surface area contributed by atoms with Crippen molar-refractivity contribution in [3.8, 4) is 17.1 Å². The molecule has 3 rings (SSSR count). The molecule has 0 radical (unpaired) electrons. The van der Waals surface area contributed by atoms with Crippen molar-refractivity contribution in [2.75, 3.05) is 12.8 Å². The number of nitrogens with two attached hydrogens (primary N) is 1. The summed E-state index contributed by atoms with van der Waals surface area (Å²) < 4.78 is 7.37. The number of anilines is 1. The number of pyridine rings is 1. The Labute approximate surface area is 111 Å². The number of aryl methyl sites for hydroxylation is 1. The van der Waals surface area contributed by atoms with Crippen molar-refractivity contribution in [3.63, 3.8) is 0 Å². The van der Waals surface area contributed by atoms with E-state index in [1.54, 1.807) is 13.3 Å². The number of hydrogen-bond acceptors (Lipinski definition) is 3. The predicted molar refractivity (Wildman–Crippen MR) is 77.1 cm³/mol. The van der Waals surface area contributed by atoms with E-state index in [1.807, 2.05) is 31.3 Å². The van der Waals surface area contributed by atoms with Crippen molar-refractivity contribution in [2.24, 2.45) is 7.05 Å². The summed E-state index contributed by atoms with van der Waals surface area (Å²) in [4.78, 5) is 4.37. The lowest BCUT2D eigenvalue weighted by Crippen LogP contribution is -1.94. The number of aromatic nitrogens is 2. The first kappa shape index (κ1) is 11.6. The fourth-order valence-corrected chi connectivity index (χ4v) is 2.26. The number of ether oxygens (including phenoxy) is 1. The van der Waals surface area contributed by atoms with Crippen LogP contribution in [0.2, 0.25) is 0 Å². The molecule has 19 heavy (non-hydrogen) atoms. The molecule has 0 amide bonds. The van der Waals surface area contributed by atoms with E-state index in [4.69, 9.17) is 10.5 Å². The third-order valence-electron chi connectivity index (χ3n) is 3.30. The summed E-state index contributed by atoms with van der Waals surface area (Å²) in [6, 6.07) is 11.9. The molecule has 0 aliphatic rings. The minimum absolute atomic E-state index is 0.671. The van der Waals surface area contributed by atoms with Crippen LogP contribution in [-0.4, -0.2) is 16.7 Å². The molecule has 0 aliphatic carbocycles. The average Bonchev–Trinajstić information content (AvgIpc) is 2.76. The van der Waals surface area contributed by atoms with Crippen LogP contribution in [0.5, 0.6) is 5.75 Å². The molecule has 0 bridgehead atoms. The third kappa shape index (κ3) is 1.91. The normalized spacial score (nSPS) is 10.8. The first-order valence-electron chi connectivity index (χ1n) is 6.04. The van der Waals surface area contributed by atoms with Crippen LogP contribution in [0.1, 0.15) is 0 Å². The van der Waals surface area contributed by atoms with Gasteiger partial charge < -0.3 is 15.0 Å². The molecular weight excluding hydrogens is 238 g/mol. The molecule has 0 atom stereocenters. The van der Waals surface area contributed by atoms with Gasteiger partial charge in [0.25, 0.3) is 0 Å². The highest BCUT2D eigenvalue weighted by Gasteiger charge is 2.09. The van der Waals surface area contributed by atoms with Gasteiger partial charge in [0.1, 0.15) is 5.75 Å². The standard InChI is InChI=1S/C15H15N3O/c1-18-14-6-4-12(19-2)7-10(14)8-15(18)13-5-3-11(16)9-17-13/h3-9H,16H2,1-2H3. The number of rotatable bonds is 2. The van der Waals surface area contributed by atoms with Crippen molar-refractivity contribution in [1.82, 2.24) is 9.55 Å². The van der Waals surface area contributed by atoms with E-state index in [0.717, 1.165) is 28.0 Å². The number of benzene rings is 1. The van der Waals surface area contributed by atoms with Gasteiger partial charge >= 0.3 is 0 Å². The van der Waals surface area contributed by atoms with E-state index in [2.05, 4.69) is 21.7 Å². The fraction of sp³-hybridized carbons (Fsp3) is 0.133. The molecule has 0 spiro atoms. The molecule has 4 nitrogen and oxygen atoms in total. The second-order valence-corrected chi connectivity index (χ2v) is 4.49. The van der Waals surface area contributed by atoms with Crippen LogP contribution in [0, 0.1) is 0 Å². The summed E-state index contributed by atoms with van der Waals surface area (Å²) in [7, 11) is 3.70. The summed E-state index contributed by atoms with van der Waals surface area (Å²) in [6.07, 6.45) is 1.67. The molecule has 1 aromatic carbocycles. The van der Waals surface area contributed by atoms with Gasteiger partial charge in [0, 0.05) is 18.0 Å². The minimum Gasteiger partial charge on any atom is -0.497 e. The Bertz CT molecular complexity index is 729. The zero-order valence-electron chi connectivity index (χ0n) is 10.9. The second kappa shape index (κ2) is 4.31. The summed E-state index contributed by atoms with van der Waals surface area (Å²) in [5.41, 5.74) is 9.46. The molecule has 2 N–H and O–H groups in total. The number of methoxy groups -OCH3 is 1. The topological polar surface area (TPSA) is 53.1 Å². The number of nitrogen functional groups attached to an aromatic ring is 1. The summed E-state index contributed by atoms with van der Waals surface area (Å²) >= 11 is 0. The lowest BCUT2D eigenvalue weighted by atomic mass is 10.2. The molecule has 0 aliphatic heterocycles. The van der Waals surface area contributed by atoms with Gasteiger partial charge in [-0.25, -0.2) is 0 Å². The number of hydrogen-bond donors (Lipinski definition) is 1. The Morgan fingerprint density at radius 3 is 2.68 bits per heavy atom. The zero-order valence-corrected chi connectivity index (χ0v) is 10.9. The largest absolute Gasteiger partial charge is 0.497 e. The Morgan fingerprint density at radius 2 is 2.00 bits per heavy atom. The van der Waals surface area contributed by atoms with Crippen molar-refractivity contribution < 1.29 is 4.74 Å². The first-order valence-corrected chi connectivity index (χ1v) is 6.04. The van der Waals surface area contributed by atoms with Gasteiger partial charge in [0.15, 0.2) is 0 Å². The van der Waals surface area contributed by atoms with Crippen molar-refractivity contribution in [1.29, 1.82) is 0 Å². The van der Waals surface area contributed by atoms with E-state index >= 15 is 0 Å². The van der Waals surface area contributed by atoms with Gasteiger partial charge in [-0.05, 0) is 36.4 Å². The van der Waals surface area contributed by atoms with Crippen LogP contribution in [-0.2, 0) is 7.05 Å². The molecule has 0 fully saturated rings. The summed E-state index contributed by atoms with van der Waals surface area (Å²) in [5.74, 6) is 0.856. The van der Waals surface area contributed by atoms with Crippen LogP contribution in [0.15, 0.2) is 42.6 Å². The Hall–Kier alpha value is -2.49. The maximum absolute atomic E-state index is 5.67. The quantitative estimate of drug-likeness (QED) is 0.764. The van der Waals surface area contributed by atoms with Gasteiger partial charge in [-0.1, -0.05) is 0 Å². The van der Waals surface area contributed by atoms with Gasteiger partial charge in [-0.3, -0.25) is 4.98 Å². The van der Waals surface area contributed by atoms with Crippen LogP contribution >= 0.6 is 0 Å². The summed E-state index contributed by atoms with van der Waals surface area (Å²) in [6.45, 7) is 0. The molecule has 96 valence electrons. The van der Waals surface area contributed by atoms with Gasteiger partial charge in [0.2, 0.25) is 0 Å². The van der Waals surface area contributed by atoms with Crippen LogP contribution in [0.4, 0.5) is 5.69 Å². The van der Waals surface area contributed by atoms with Crippen LogP contribution < -0.4 is 10.5 Å². The molecule has 2 heterocycles. The molecule has 0 saturated carbocycles. The highest BCUT2D eigenvalue weighted by Crippen LogP contribution is 2.28. The molecule has 0 unspecified atom stereocenters. The van der Waals surface area contributed by atoms with Crippen molar-refractivity contribution in [2.45, 2.75) is 0 Å². The van der Waals surface area contributed by atoms with E-state index < -0.39 is 0 Å². The predicted octanol–water partition coefficient (Wildman–Crippen LogP) is 2.83. The average molecular weight is 253 g/mol. The maximum atomic E-state index is 5.67. The van der Waals surface area contributed by atoms with E-state index in [0.29, 0.717) is 5.69 Å². The fourth-order valence-electron chi connectivity index (χ4n) is 2.26. The summed E-state index contributed by atoms with van der Waals surface area (Å²) in [5, 5.41) is 1.13. The number of fused-ring (bicyclic) bond motifs is 1. The number of nitrogens with zero attached hydrogens (tertiary/aromatic N) is 2. The monoisotopic (exact) mass is 253 g/mol. The zero-order chi connectivity index (χ0) is 13.4. The van der Waals surface area contributed by atoms with E-state index in [9.17, 15) is 0 Å². The van der Waals surface area contributed by atoms with Gasteiger partial charge in [-0.2, -0.15) is 0 Å². The van der Waals surface area contributed by atoms with E-state index in [-0.39, 0.29) is 0 Å². The van der Waals surface area contributed by atoms with Gasteiger partial charge in [-0.15, -0.1) is 0 Å². The molecular formula is C15H15N3O. The smallest absolute Gasteiger partial charge is 0.119 e. The lowest BCUT2D eigenvalue weighted by Gasteiger charge is -2.04. The minimum atomic E-state index is 0.671. The highest BCUT2D eigenvalue weighted by atomic mass is 16.5. The molecule has 0 saturated heterocycles. The van der Waals surface area contributed by atoms with Crippen molar-refractivity contribution in [3.05, 3.63) is 42.6 Å². The molecule has 2 aromatic heterocycles. The van der Waals surface area contributed by atoms with Gasteiger partial charge in [0.05, 0.1) is 30.4 Å². The highest BCUT2D eigenvalue weighted by molar-refractivity contribution is 5.87. The molecule has 4 heteroatoms. The maximum Gasteiger partial charge on any atom is 0.119 e. The Morgan fingerprint density at radius 1 is 1.16 bits per heavy atom. The molecule has 3 aromatic rings. The van der Waals surface area contributed by atoms with Crippen LogP contribution in [0.25, 0.3) is 22.3 Å². The van der Waals surface area contributed by atoms with Crippen molar-refractivity contribution >= 4 is 16.6 Å². The lowest BCUT2D eigenvalue weighted by molar-refractivity contribution is 0.415. The third-order valence-corrected chi connectivity index (χ3v) is 3.30. The second-order valence-electron chi connectivity index (χ2n) is 4.49. The Balaban J connectivity index is 2.19. The van der Waals surface area contributed by atoms with E-state index in [1.165, 1.54) is 0 Å².